The lowest BCUT2D eigenvalue weighted by Crippen LogP contribution is -2.18. The first kappa shape index (κ1) is 19.7. The van der Waals surface area contributed by atoms with Crippen LogP contribution in [0.5, 0.6) is 17.2 Å². The molecule has 1 heterocycles. The van der Waals surface area contributed by atoms with Gasteiger partial charge in [0.05, 0.1) is 11.0 Å². The molecule has 1 amide bonds. The van der Waals surface area contributed by atoms with Gasteiger partial charge < -0.3 is 19.9 Å². The molecule has 0 radical (unpaired) electrons. The molecular formula is C20H17N3O6. The summed E-state index contributed by atoms with van der Waals surface area (Å²) < 4.78 is 10.7. The fraction of sp³-hybridized carbons (Fsp3) is 0.200. The van der Waals surface area contributed by atoms with Crippen molar-refractivity contribution in [3.63, 3.8) is 0 Å². The number of nitrogens with zero attached hydrogens (tertiary/aromatic N) is 2. The van der Waals surface area contributed by atoms with E-state index >= 15 is 0 Å². The summed E-state index contributed by atoms with van der Waals surface area (Å²) in [6.45, 7) is 3.94. The average Bonchev–Trinajstić information content (AvgIpc) is 2.69. The Morgan fingerprint density at radius 3 is 2.34 bits per heavy atom. The summed E-state index contributed by atoms with van der Waals surface area (Å²) in [5.74, 6) is -0.191. The number of anilines is 1. The lowest BCUT2D eigenvalue weighted by Gasteiger charge is -2.19. The number of carbonyl (C=O) groups is 1. The highest BCUT2D eigenvalue weighted by molar-refractivity contribution is 6.10. The van der Waals surface area contributed by atoms with Gasteiger partial charge in [0.15, 0.2) is 11.5 Å². The van der Waals surface area contributed by atoms with E-state index in [-0.39, 0.29) is 47.4 Å². The van der Waals surface area contributed by atoms with E-state index in [1.807, 2.05) is 0 Å². The highest BCUT2D eigenvalue weighted by Crippen LogP contribution is 2.39. The van der Waals surface area contributed by atoms with Crippen LogP contribution in [0.15, 0.2) is 29.8 Å². The van der Waals surface area contributed by atoms with Gasteiger partial charge in [0.2, 0.25) is 0 Å². The van der Waals surface area contributed by atoms with E-state index in [4.69, 9.17) is 9.47 Å². The Labute approximate surface area is 165 Å². The monoisotopic (exact) mass is 395 g/mol. The Kier molecular flexibility index (Phi) is 5.36. The van der Waals surface area contributed by atoms with Crippen LogP contribution in [0.4, 0.5) is 11.4 Å². The number of aromatic hydroxyl groups is 1. The molecule has 148 valence electrons. The fourth-order valence-electron chi connectivity index (χ4n) is 2.91. The Hall–Kier alpha value is -4.06. The van der Waals surface area contributed by atoms with Crippen LogP contribution >= 0.6 is 0 Å². The van der Waals surface area contributed by atoms with Crippen molar-refractivity contribution in [3.05, 3.63) is 56.6 Å². The first-order chi connectivity index (χ1) is 13.8. The summed E-state index contributed by atoms with van der Waals surface area (Å²) >= 11 is 0. The van der Waals surface area contributed by atoms with Crippen LogP contribution in [-0.2, 0) is 4.79 Å². The number of ether oxygens (including phenoxy) is 2. The molecule has 1 aliphatic rings. The van der Waals surface area contributed by atoms with E-state index in [9.17, 15) is 25.3 Å². The molecule has 1 aliphatic heterocycles. The standard InChI is InChI=1S/C20H17N3O6/c1-11-5-13(6-12(2)19(11)24)7-14(10-21)20(25)22-15-8-17-18(29-4-3-28-17)9-16(15)23(26)27/h5-9,24H,3-4H2,1-2H3,(H,22,25)/b14-7+. The predicted octanol–water partition coefficient (Wildman–Crippen LogP) is 3.23. The molecule has 0 aliphatic carbocycles. The summed E-state index contributed by atoms with van der Waals surface area (Å²) in [6.07, 6.45) is 1.35. The first-order valence-corrected chi connectivity index (χ1v) is 8.61. The van der Waals surface area contributed by atoms with Gasteiger partial charge in [0.1, 0.15) is 36.3 Å². The number of amides is 1. The summed E-state index contributed by atoms with van der Waals surface area (Å²) in [7, 11) is 0. The van der Waals surface area contributed by atoms with Crippen LogP contribution in [0, 0.1) is 35.3 Å². The van der Waals surface area contributed by atoms with Crippen molar-refractivity contribution in [2.75, 3.05) is 18.5 Å². The average molecular weight is 395 g/mol. The number of nitriles is 1. The summed E-state index contributed by atoms with van der Waals surface area (Å²) in [6, 6.07) is 7.52. The number of phenols is 1. The number of phenolic OH excluding ortho intramolecular Hbond substituents is 1. The molecule has 9 heteroatoms. The van der Waals surface area contributed by atoms with Crippen LogP contribution in [0.1, 0.15) is 16.7 Å². The third-order valence-electron chi connectivity index (χ3n) is 4.29. The number of carbonyl (C=O) groups excluding carboxylic acids is 1. The van der Waals surface area contributed by atoms with Gasteiger partial charge in [-0.15, -0.1) is 0 Å². The van der Waals surface area contributed by atoms with Gasteiger partial charge in [-0.05, 0) is 48.7 Å². The molecule has 2 aromatic carbocycles. The number of nitrogens with one attached hydrogen (secondary N) is 1. The van der Waals surface area contributed by atoms with Crippen molar-refractivity contribution in [2.24, 2.45) is 0 Å². The maximum atomic E-state index is 12.6. The molecule has 0 fully saturated rings. The van der Waals surface area contributed by atoms with Gasteiger partial charge in [0.25, 0.3) is 11.6 Å². The first-order valence-electron chi connectivity index (χ1n) is 8.61. The zero-order valence-electron chi connectivity index (χ0n) is 15.7. The number of benzene rings is 2. The summed E-state index contributed by atoms with van der Waals surface area (Å²) in [5, 5.41) is 33.0. The number of aryl methyl sites for hydroxylation is 2. The molecule has 3 rings (SSSR count). The zero-order chi connectivity index (χ0) is 21.1. The molecule has 0 unspecified atom stereocenters. The molecule has 29 heavy (non-hydrogen) atoms. The van der Waals surface area contributed by atoms with Crippen molar-refractivity contribution in [1.29, 1.82) is 5.26 Å². The van der Waals surface area contributed by atoms with E-state index in [0.717, 1.165) is 0 Å². The van der Waals surface area contributed by atoms with E-state index in [0.29, 0.717) is 16.7 Å². The van der Waals surface area contributed by atoms with Crippen LogP contribution in [-0.4, -0.2) is 29.2 Å². The number of nitro groups is 1. The second-order valence-corrected chi connectivity index (χ2v) is 6.40. The molecule has 9 nitrogen and oxygen atoms in total. The van der Waals surface area contributed by atoms with Gasteiger partial charge in [-0.25, -0.2) is 0 Å². The second kappa shape index (κ2) is 7.90. The Bertz CT molecular complexity index is 1060. The third-order valence-corrected chi connectivity index (χ3v) is 4.29. The molecule has 0 bridgehead atoms. The number of hydrogen-bond acceptors (Lipinski definition) is 7. The molecule has 0 saturated heterocycles. The third kappa shape index (κ3) is 4.11. The van der Waals surface area contributed by atoms with Gasteiger partial charge in [0, 0.05) is 6.07 Å². The molecule has 2 N–H and O–H groups in total. The normalized spacial score (nSPS) is 12.8. The minimum absolute atomic E-state index is 0.108. The van der Waals surface area contributed by atoms with Crippen LogP contribution in [0.3, 0.4) is 0 Å². The second-order valence-electron chi connectivity index (χ2n) is 6.40. The van der Waals surface area contributed by atoms with E-state index in [1.54, 1.807) is 32.0 Å². The largest absolute Gasteiger partial charge is 0.507 e. The van der Waals surface area contributed by atoms with E-state index in [2.05, 4.69) is 5.32 Å². The Balaban J connectivity index is 1.94. The topological polar surface area (TPSA) is 135 Å². The molecule has 2 aromatic rings. The van der Waals surface area contributed by atoms with E-state index in [1.165, 1.54) is 18.2 Å². The summed E-state index contributed by atoms with van der Waals surface area (Å²) in [4.78, 5) is 23.3. The van der Waals surface area contributed by atoms with Gasteiger partial charge in [-0.1, -0.05) is 0 Å². The Morgan fingerprint density at radius 1 is 1.21 bits per heavy atom. The highest BCUT2D eigenvalue weighted by atomic mass is 16.6. The Morgan fingerprint density at radius 2 is 1.79 bits per heavy atom. The molecule has 0 atom stereocenters. The van der Waals surface area contributed by atoms with Crippen LogP contribution in [0.25, 0.3) is 6.08 Å². The molecule has 0 aromatic heterocycles. The van der Waals surface area contributed by atoms with Gasteiger partial charge in [-0.3, -0.25) is 14.9 Å². The molecule has 0 saturated carbocycles. The zero-order valence-corrected chi connectivity index (χ0v) is 15.7. The highest BCUT2D eigenvalue weighted by Gasteiger charge is 2.24. The summed E-state index contributed by atoms with van der Waals surface area (Å²) in [5.41, 5.74) is 0.993. The van der Waals surface area contributed by atoms with Crippen LogP contribution < -0.4 is 14.8 Å². The maximum absolute atomic E-state index is 12.6. The minimum atomic E-state index is -0.810. The smallest absolute Gasteiger partial charge is 0.296 e. The lowest BCUT2D eigenvalue weighted by molar-refractivity contribution is -0.384. The van der Waals surface area contributed by atoms with Gasteiger partial charge >= 0.3 is 0 Å². The predicted molar refractivity (Wildman–Crippen MR) is 104 cm³/mol. The minimum Gasteiger partial charge on any atom is -0.507 e. The van der Waals surface area contributed by atoms with Gasteiger partial charge in [-0.2, -0.15) is 5.26 Å². The van der Waals surface area contributed by atoms with Crippen LogP contribution in [0.2, 0.25) is 0 Å². The lowest BCUT2D eigenvalue weighted by atomic mass is 10.0. The fourth-order valence-corrected chi connectivity index (χ4v) is 2.91. The quantitative estimate of drug-likeness (QED) is 0.351. The van der Waals surface area contributed by atoms with Crippen molar-refractivity contribution < 1.29 is 24.3 Å². The number of fused-ring (bicyclic) bond motifs is 1. The van der Waals surface area contributed by atoms with Crippen molar-refractivity contribution in [1.82, 2.24) is 0 Å². The van der Waals surface area contributed by atoms with Crippen molar-refractivity contribution in [3.8, 4) is 23.3 Å². The number of nitro benzene ring substituents is 1. The molecule has 0 spiro atoms. The SMILES string of the molecule is Cc1cc(/C=C(\C#N)C(=O)Nc2cc3c(cc2[N+](=O)[O-])OCCO3)cc(C)c1O. The van der Waals surface area contributed by atoms with E-state index < -0.39 is 10.8 Å². The maximum Gasteiger partial charge on any atom is 0.296 e. The number of rotatable bonds is 4. The molecular weight excluding hydrogens is 378 g/mol. The van der Waals surface area contributed by atoms with Crippen molar-refractivity contribution in [2.45, 2.75) is 13.8 Å². The van der Waals surface area contributed by atoms with Crippen molar-refractivity contribution >= 4 is 23.4 Å². The number of hydrogen-bond donors (Lipinski definition) is 2.